The number of hydrogen-bond donors (Lipinski definition) is 6. The Bertz CT molecular complexity index is 1010. The largest absolute Gasteiger partial charge is 0.496 e. The number of carbonyl (C=O) groups excluding carboxylic acids is 2. The molecule has 2 aliphatic rings. The second kappa shape index (κ2) is 15.3. The van der Waals surface area contributed by atoms with E-state index >= 15 is 0 Å². The molecule has 1 aromatic carbocycles. The number of methoxy groups -OCH3 is 1. The van der Waals surface area contributed by atoms with Crippen LogP contribution in [0.2, 0.25) is 0 Å². The van der Waals surface area contributed by atoms with Crippen molar-refractivity contribution >= 4 is 45.4 Å². The van der Waals surface area contributed by atoms with Crippen molar-refractivity contribution in [3.63, 3.8) is 0 Å². The average Bonchev–Trinajstić information content (AvgIpc) is 2.90. The Hall–Kier alpha value is -3.16. The zero-order valence-corrected chi connectivity index (χ0v) is 23.1. The van der Waals surface area contributed by atoms with Gasteiger partial charge in [0, 0.05) is 54.6 Å². The summed E-state index contributed by atoms with van der Waals surface area (Å²) in [4.78, 5) is 46.8. The molecule has 3 rings (SSSR count). The van der Waals surface area contributed by atoms with E-state index in [9.17, 15) is 19.2 Å². The lowest BCUT2D eigenvalue weighted by atomic mass is 9.87. The monoisotopic (exact) mass is 597 g/mol. The van der Waals surface area contributed by atoms with Crippen molar-refractivity contribution in [3.8, 4) is 5.75 Å². The van der Waals surface area contributed by atoms with Crippen molar-refractivity contribution in [2.75, 3.05) is 46.1 Å². The molecule has 0 radical (unpaired) electrons. The number of amides is 2. The highest BCUT2D eigenvalue weighted by Gasteiger charge is 2.36. The van der Waals surface area contributed by atoms with Gasteiger partial charge in [-0.2, -0.15) is 0 Å². The minimum Gasteiger partial charge on any atom is -0.496 e. The third-order valence-corrected chi connectivity index (χ3v) is 7.22. The minimum absolute atomic E-state index is 0.0631. The topological polar surface area (TPSA) is 183 Å². The molecule has 2 saturated heterocycles. The standard InChI is InChI=1S/C21H32BrN5O3.C4H4O4/c1-24-21(29)19(13-3-7-25-8-4-13)27-9-5-14(6-10-27)26-20(28)15-11-16(22)17(23)12-18(15)30-2;5-3(6)1-2-4(7)8/h11-14,19,25H,3-10,23H2,1-2H3,(H,24,29)(H,26,28);1-2H,(H,5,6)(H,7,8). The molecule has 12 nitrogen and oxygen atoms in total. The minimum atomic E-state index is -1.26. The summed E-state index contributed by atoms with van der Waals surface area (Å²) in [6.07, 6.45) is 4.76. The fraction of sp³-hybridized carbons (Fsp3) is 0.520. The SMILES string of the molecule is CNC(=O)C(C1CCNCC1)N1CCC(NC(=O)c2cc(Br)c(N)cc2OC)CC1.O=C(O)C=CC(=O)O. The first-order valence-electron chi connectivity index (χ1n) is 12.3. The van der Waals surface area contributed by atoms with Gasteiger partial charge in [0.15, 0.2) is 0 Å². The van der Waals surface area contributed by atoms with Crippen LogP contribution in [0.5, 0.6) is 5.75 Å². The summed E-state index contributed by atoms with van der Waals surface area (Å²) in [6.45, 7) is 3.50. The third kappa shape index (κ3) is 9.30. The Labute approximate surface area is 230 Å². The summed E-state index contributed by atoms with van der Waals surface area (Å²) in [5, 5.41) is 25.0. The second-order valence-electron chi connectivity index (χ2n) is 9.01. The number of rotatable bonds is 8. The number of carboxylic acid groups (broad SMARTS) is 2. The summed E-state index contributed by atoms with van der Waals surface area (Å²) in [5.41, 5.74) is 6.87. The molecular weight excluding hydrogens is 562 g/mol. The lowest BCUT2D eigenvalue weighted by Gasteiger charge is -2.41. The smallest absolute Gasteiger partial charge is 0.328 e. The Morgan fingerprint density at radius 2 is 1.68 bits per heavy atom. The van der Waals surface area contributed by atoms with Crippen molar-refractivity contribution in [3.05, 3.63) is 34.3 Å². The number of nitrogens with two attached hydrogens (primary N) is 1. The molecule has 38 heavy (non-hydrogen) atoms. The van der Waals surface area contributed by atoms with Crippen molar-refractivity contribution in [1.82, 2.24) is 20.9 Å². The fourth-order valence-corrected chi connectivity index (χ4v) is 4.97. The van der Waals surface area contributed by atoms with E-state index in [0.717, 1.165) is 51.9 Å². The molecule has 210 valence electrons. The number of aliphatic carboxylic acids is 2. The zero-order valence-electron chi connectivity index (χ0n) is 21.5. The maximum absolute atomic E-state index is 12.8. The number of nitrogens with zero attached hydrogens (tertiary/aromatic N) is 1. The van der Waals surface area contributed by atoms with E-state index in [0.29, 0.717) is 39.5 Å². The van der Waals surface area contributed by atoms with Crippen molar-refractivity contribution in [2.24, 2.45) is 5.92 Å². The number of benzene rings is 1. The van der Waals surface area contributed by atoms with Gasteiger partial charge in [-0.15, -0.1) is 0 Å². The van der Waals surface area contributed by atoms with E-state index in [1.165, 1.54) is 7.11 Å². The van der Waals surface area contributed by atoms with Gasteiger partial charge in [0.1, 0.15) is 5.75 Å². The Balaban J connectivity index is 0.000000550. The van der Waals surface area contributed by atoms with Gasteiger partial charge < -0.3 is 36.6 Å². The number of halogens is 1. The number of carboxylic acids is 2. The summed E-state index contributed by atoms with van der Waals surface area (Å²) in [6, 6.07) is 3.31. The number of piperidine rings is 2. The van der Waals surface area contributed by atoms with Crippen LogP contribution in [-0.4, -0.2) is 91.3 Å². The molecule has 13 heteroatoms. The zero-order chi connectivity index (χ0) is 28.2. The summed E-state index contributed by atoms with van der Waals surface area (Å²) in [7, 11) is 3.24. The van der Waals surface area contributed by atoms with Gasteiger partial charge >= 0.3 is 11.9 Å². The number of ether oxygens (including phenoxy) is 1. The maximum atomic E-state index is 12.8. The molecule has 1 atom stereocenters. The summed E-state index contributed by atoms with van der Waals surface area (Å²) in [5.74, 6) is -1.77. The van der Waals surface area contributed by atoms with Crippen molar-refractivity contribution in [2.45, 2.75) is 37.8 Å². The first-order chi connectivity index (χ1) is 18.1. The van der Waals surface area contributed by atoms with Gasteiger partial charge in [0.05, 0.1) is 18.7 Å². The Morgan fingerprint density at radius 1 is 1.11 bits per heavy atom. The molecule has 1 unspecified atom stereocenters. The third-order valence-electron chi connectivity index (χ3n) is 6.54. The number of hydrogen-bond acceptors (Lipinski definition) is 8. The fourth-order valence-electron chi connectivity index (χ4n) is 4.63. The normalized spacial score (nSPS) is 17.7. The number of likely N-dealkylation sites (tertiary alicyclic amines) is 1. The average molecular weight is 598 g/mol. The van der Waals surface area contributed by atoms with E-state index in [4.69, 9.17) is 20.7 Å². The molecule has 0 aliphatic carbocycles. The van der Waals surface area contributed by atoms with Crippen molar-refractivity contribution in [1.29, 1.82) is 0 Å². The van der Waals surface area contributed by atoms with Crippen LogP contribution < -0.4 is 26.4 Å². The predicted octanol–water partition coefficient (Wildman–Crippen LogP) is 1.06. The molecule has 2 heterocycles. The molecule has 0 aromatic heterocycles. The van der Waals surface area contributed by atoms with Crippen LogP contribution in [0.1, 0.15) is 36.0 Å². The van der Waals surface area contributed by atoms with Gasteiger partial charge in [-0.3, -0.25) is 14.5 Å². The number of anilines is 1. The highest BCUT2D eigenvalue weighted by molar-refractivity contribution is 9.10. The number of nitrogen functional groups attached to an aromatic ring is 1. The van der Waals surface area contributed by atoms with Crippen LogP contribution in [0.3, 0.4) is 0 Å². The van der Waals surface area contributed by atoms with Crippen LogP contribution in [-0.2, 0) is 14.4 Å². The summed E-state index contributed by atoms with van der Waals surface area (Å²) < 4.78 is 5.99. The van der Waals surface area contributed by atoms with E-state index in [1.54, 1.807) is 19.2 Å². The van der Waals surface area contributed by atoms with Gasteiger partial charge in [-0.1, -0.05) is 0 Å². The first-order valence-corrected chi connectivity index (χ1v) is 13.1. The van der Waals surface area contributed by atoms with E-state index in [-0.39, 0.29) is 23.9 Å². The van der Waals surface area contributed by atoms with Crippen LogP contribution >= 0.6 is 15.9 Å². The van der Waals surface area contributed by atoms with E-state index < -0.39 is 11.9 Å². The molecule has 2 amide bonds. The van der Waals surface area contributed by atoms with E-state index in [1.807, 2.05) is 0 Å². The number of likely N-dealkylation sites (N-methyl/N-ethyl adjacent to an activating group) is 1. The molecule has 7 N–H and O–H groups in total. The lowest BCUT2D eigenvalue weighted by molar-refractivity contribution is -0.134. The molecule has 1 aromatic rings. The molecular formula is C25H36BrN5O7. The van der Waals surface area contributed by atoms with Crippen LogP contribution in [0.4, 0.5) is 5.69 Å². The number of nitrogens with one attached hydrogen (secondary N) is 3. The first kappa shape index (κ1) is 31.1. The van der Waals surface area contributed by atoms with Gasteiger partial charge in [-0.05, 0) is 66.7 Å². The molecule has 0 bridgehead atoms. The second-order valence-corrected chi connectivity index (χ2v) is 9.87. The highest BCUT2D eigenvalue weighted by atomic mass is 79.9. The van der Waals surface area contributed by atoms with E-state index in [2.05, 4.69) is 36.8 Å². The van der Waals surface area contributed by atoms with Gasteiger partial charge in [0.2, 0.25) is 5.91 Å². The van der Waals surface area contributed by atoms with Crippen LogP contribution in [0.15, 0.2) is 28.8 Å². The molecule has 0 saturated carbocycles. The molecule has 2 fully saturated rings. The Morgan fingerprint density at radius 3 is 2.18 bits per heavy atom. The van der Waals surface area contributed by atoms with Crippen LogP contribution in [0, 0.1) is 5.92 Å². The lowest BCUT2D eigenvalue weighted by Crippen LogP contribution is -2.56. The Kier molecular flexibility index (Phi) is 12.5. The summed E-state index contributed by atoms with van der Waals surface area (Å²) >= 11 is 3.38. The predicted molar refractivity (Wildman–Crippen MR) is 145 cm³/mol. The molecule has 2 aliphatic heterocycles. The quantitative estimate of drug-likeness (QED) is 0.187. The van der Waals surface area contributed by atoms with Crippen LogP contribution in [0.25, 0.3) is 0 Å². The van der Waals surface area contributed by atoms with Gasteiger partial charge in [-0.25, -0.2) is 9.59 Å². The molecule has 0 spiro atoms. The number of carbonyl (C=O) groups is 4. The van der Waals surface area contributed by atoms with Gasteiger partial charge in [0.25, 0.3) is 5.91 Å². The maximum Gasteiger partial charge on any atom is 0.328 e. The van der Waals surface area contributed by atoms with Crippen molar-refractivity contribution < 1.29 is 34.1 Å². The highest BCUT2D eigenvalue weighted by Crippen LogP contribution is 2.30.